The molecule has 0 aliphatic carbocycles. The lowest BCUT2D eigenvalue weighted by Crippen LogP contribution is -2.47. The molecule has 0 aliphatic heterocycles. The van der Waals surface area contributed by atoms with Crippen LogP contribution in [-0.2, 0) is 15.1 Å². The minimum absolute atomic E-state index is 0.128. The molecule has 2 N–H and O–H groups in total. The van der Waals surface area contributed by atoms with Crippen molar-refractivity contribution in [3.63, 3.8) is 0 Å². The van der Waals surface area contributed by atoms with E-state index in [1.807, 2.05) is 6.07 Å². The maximum absolute atomic E-state index is 11.9. The Balaban J connectivity index is 3.00. The van der Waals surface area contributed by atoms with Gasteiger partial charge in [-0.2, -0.15) is 5.26 Å². The van der Waals surface area contributed by atoms with Crippen LogP contribution in [0.5, 0.6) is 5.75 Å². The monoisotopic (exact) mass is 248 g/mol. The smallest absolute Gasteiger partial charge is 0.330 e. The molecule has 5 nitrogen and oxygen atoms in total. The lowest BCUT2D eigenvalue weighted by Gasteiger charge is -2.28. The van der Waals surface area contributed by atoms with E-state index in [2.05, 4.69) is 5.32 Å². The zero-order valence-electron chi connectivity index (χ0n) is 10.4. The number of nitrogens with one attached hydrogen (secondary N) is 1. The number of esters is 1. The lowest BCUT2D eigenvalue weighted by molar-refractivity contribution is -0.148. The van der Waals surface area contributed by atoms with Crippen LogP contribution in [0.2, 0.25) is 0 Å². The Labute approximate surface area is 106 Å². The molecule has 0 fully saturated rings. The number of carbonyl (C=O) groups excluding carboxylic acids is 1. The third-order valence-electron chi connectivity index (χ3n) is 2.75. The van der Waals surface area contributed by atoms with Crippen molar-refractivity contribution in [1.29, 1.82) is 5.26 Å². The van der Waals surface area contributed by atoms with Crippen LogP contribution in [0.1, 0.15) is 18.9 Å². The van der Waals surface area contributed by atoms with Crippen LogP contribution in [-0.4, -0.2) is 24.7 Å². The Kier molecular flexibility index (Phi) is 4.69. The minimum atomic E-state index is -1.03. The number of hydrogen-bond donors (Lipinski definition) is 2. The summed E-state index contributed by atoms with van der Waals surface area (Å²) in [6.07, 6.45) is 0.296. The predicted molar refractivity (Wildman–Crippen MR) is 65.7 cm³/mol. The zero-order valence-corrected chi connectivity index (χ0v) is 10.4. The molecular formula is C13H16N2O3. The summed E-state index contributed by atoms with van der Waals surface area (Å²) in [6.45, 7) is 2.06. The largest absolute Gasteiger partial charge is 0.508 e. The van der Waals surface area contributed by atoms with Crippen LogP contribution < -0.4 is 5.32 Å². The van der Waals surface area contributed by atoms with Gasteiger partial charge in [-0.25, -0.2) is 4.79 Å². The Morgan fingerprint density at radius 2 is 2.11 bits per heavy atom. The number of phenols is 1. The molecule has 0 aromatic heterocycles. The van der Waals surface area contributed by atoms with E-state index in [-0.39, 0.29) is 5.75 Å². The fourth-order valence-electron chi connectivity index (χ4n) is 1.66. The molecule has 1 aromatic carbocycles. The van der Waals surface area contributed by atoms with Gasteiger partial charge in [0.15, 0.2) is 0 Å². The second kappa shape index (κ2) is 6.03. The molecule has 5 heteroatoms. The highest BCUT2D eigenvalue weighted by Crippen LogP contribution is 2.24. The van der Waals surface area contributed by atoms with Crippen LogP contribution in [0.15, 0.2) is 24.3 Å². The predicted octanol–water partition coefficient (Wildman–Crippen LogP) is 1.28. The van der Waals surface area contributed by atoms with Crippen molar-refractivity contribution in [1.82, 2.24) is 5.32 Å². The number of carbonyl (C=O) groups is 1. The van der Waals surface area contributed by atoms with Gasteiger partial charge in [0.05, 0.1) is 13.2 Å². The van der Waals surface area contributed by atoms with E-state index in [4.69, 9.17) is 10.00 Å². The van der Waals surface area contributed by atoms with Gasteiger partial charge in [0.2, 0.25) is 0 Å². The van der Waals surface area contributed by atoms with Crippen molar-refractivity contribution in [2.24, 2.45) is 0 Å². The molecule has 0 bridgehead atoms. The van der Waals surface area contributed by atoms with Crippen molar-refractivity contribution in [3.05, 3.63) is 29.8 Å². The maximum atomic E-state index is 11.9. The number of aromatic hydroxyl groups is 1. The number of nitrogens with zero attached hydrogens (tertiary/aromatic N) is 1. The second-order valence-electron chi connectivity index (χ2n) is 4.00. The minimum Gasteiger partial charge on any atom is -0.508 e. The molecule has 1 rings (SSSR count). The SMILES string of the molecule is COC(=O)C(C)(NCCC#N)c1ccc(O)cc1. The number of hydrogen-bond acceptors (Lipinski definition) is 5. The summed E-state index contributed by atoms with van der Waals surface area (Å²) in [4.78, 5) is 11.9. The molecule has 0 aliphatic rings. The van der Waals surface area contributed by atoms with Gasteiger partial charge in [0, 0.05) is 13.0 Å². The quantitative estimate of drug-likeness (QED) is 0.606. The number of methoxy groups -OCH3 is 1. The summed E-state index contributed by atoms with van der Waals surface area (Å²) in [6, 6.07) is 8.30. The summed E-state index contributed by atoms with van der Waals surface area (Å²) in [5.41, 5.74) is -0.357. The molecule has 18 heavy (non-hydrogen) atoms. The van der Waals surface area contributed by atoms with E-state index in [9.17, 15) is 9.90 Å². The molecule has 0 saturated carbocycles. The maximum Gasteiger partial charge on any atom is 0.330 e. The average Bonchev–Trinajstić information content (AvgIpc) is 2.38. The van der Waals surface area contributed by atoms with Gasteiger partial charge < -0.3 is 9.84 Å². The Morgan fingerprint density at radius 1 is 1.50 bits per heavy atom. The standard InChI is InChI=1S/C13H16N2O3/c1-13(12(17)18-2,15-9-3-8-14)10-4-6-11(16)7-5-10/h4-7,15-16H,3,9H2,1-2H3. The van der Waals surface area contributed by atoms with Gasteiger partial charge in [-0.15, -0.1) is 0 Å². The van der Waals surface area contributed by atoms with E-state index in [0.29, 0.717) is 18.5 Å². The first-order chi connectivity index (χ1) is 8.54. The number of rotatable bonds is 5. The highest BCUT2D eigenvalue weighted by atomic mass is 16.5. The number of ether oxygens (including phenoxy) is 1. The van der Waals surface area contributed by atoms with Crippen molar-refractivity contribution in [3.8, 4) is 11.8 Å². The van der Waals surface area contributed by atoms with Crippen molar-refractivity contribution in [2.45, 2.75) is 18.9 Å². The first-order valence-electron chi connectivity index (χ1n) is 5.54. The highest BCUT2D eigenvalue weighted by molar-refractivity contribution is 5.82. The average molecular weight is 248 g/mol. The molecule has 1 unspecified atom stereocenters. The van der Waals surface area contributed by atoms with Gasteiger partial charge in [-0.1, -0.05) is 12.1 Å². The molecule has 0 saturated heterocycles. The van der Waals surface area contributed by atoms with Crippen LogP contribution >= 0.6 is 0 Å². The van der Waals surface area contributed by atoms with Crippen LogP contribution in [0, 0.1) is 11.3 Å². The van der Waals surface area contributed by atoms with Gasteiger partial charge >= 0.3 is 5.97 Å². The fraction of sp³-hybridized carbons (Fsp3) is 0.385. The summed E-state index contributed by atoms with van der Waals surface area (Å²) in [5, 5.41) is 20.8. The molecule has 1 aromatic rings. The number of nitriles is 1. The first kappa shape index (κ1) is 14.0. The number of phenolic OH excluding ortho intramolecular Hbond substituents is 1. The van der Waals surface area contributed by atoms with Crippen LogP contribution in [0.4, 0.5) is 0 Å². The first-order valence-corrected chi connectivity index (χ1v) is 5.54. The molecular weight excluding hydrogens is 232 g/mol. The summed E-state index contributed by atoms with van der Waals surface area (Å²) in [7, 11) is 1.31. The summed E-state index contributed by atoms with van der Waals surface area (Å²) >= 11 is 0. The highest BCUT2D eigenvalue weighted by Gasteiger charge is 2.35. The van der Waals surface area contributed by atoms with Gasteiger partial charge in [-0.05, 0) is 24.6 Å². The van der Waals surface area contributed by atoms with E-state index in [1.54, 1.807) is 19.1 Å². The molecule has 0 radical (unpaired) electrons. The third-order valence-corrected chi connectivity index (χ3v) is 2.75. The molecule has 96 valence electrons. The fourth-order valence-corrected chi connectivity index (χ4v) is 1.66. The van der Waals surface area contributed by atoms with Gasteiger partial charge in [0.25, 0.3) is 0 Å². The normalized spacial score (nSPS) is 13.4. The van der Waals surface area contributed by atoms with Crippen LogP contribution in [0.3, 0.4) is 0 Å². The Morgan fingerprint density at radius 3 is 2.61 bits per heavy atom. The molecule has 0 spiro atoms. The summed E-state index contributed by atoms with van der Waals surface area (Å²) < 4.78 is 4.78. The van der Waals surface area contributed by atoms with E-state index in [1.165, 1.54) is 19.2 Å². The Hall–Kier alpha value is -2.06. The van der Waals surface area contributed by atoms with Crippen LogP contribution in [0.25, 0.3) is 0 Å². The second-order valence-corrected chi connectivity index (χ2v) is 4.00. The summed E-state index contributed by atoms with van der Waals surface area (Å²) in [5.74, 6) is -0.311. The van der Waals surface area contributed by atoms with E-state index in [0.717, 1.165) is 0 Å². The topological polar surface area (TPSA) is 82.3 Å². The van der Waals surface area contributed by atoms with Gasteiger partial charge in [0.1, 0.15) is 11.3 Å². The number of benzene rings is 1. The lowest BCUT2D eigenvalue weighted by atomic mass is 9.91. The zero-order chi connectivity index (χ0) is 13.6. The third kappa shape index (κ3) is 2.99. The Bertz CT molecular complexity index is 450. The van der Waals surface area contributed by atoms with E-state index >= 15 is 0 Å². The van der Waals surface area contributed by atoms with Crippen molar-refractivity contribution >= 4 is 5.97 Å². The van der Waals surface area contributed by atoms with Crippen molar-refractivity contribution < 1.29 is 14.6 Å². The van der Waals surface area contributed by atoms with Crippen molar-refractivity contribution in [2.75, 3.05) is 13.7 Å². The van der Waals surface area contributed by atoms with E-state index < -0.39 is 11.5 Å². The molecule has 0 heterocycles. The molecule has 0 amide bonds. The molecule has 1 atom stereocenters. The van der Waals surface area contributed by atoms with Gasteiger partial charge in [-0.3, -0.25) is 5.32 Å².